The first kappa shape index (κ1) is 22.9. The first-order valence-electron chi connectivity index (χ1n) is 13.8. The van der Waals surface area contributed by atoms with Crippen LogP contribution in [-0.4, -0.2) is 9.55 Å². The van der Waals surface area contributed by atoms with Crippen LogP contribution in [0.5, 0.6) is 0 Å². The lowest BCUT2D eigenvalue weighted by atomic mass is 9.87. The maximum Gasteiger partial charge on any atom is 0.239 e. The van der Waals surface area contributed by atoms with Crippen molar-refractivity contribution in [2.45, 2.75) is 13.8 Å². The second-order valence-electron chi connectivity index (χ2n) is 10.8. The topological polar surface area (TPSA) is 21.7 Å². The SMILES string of the molecule is Cc1cccc2c1-c1ccccc1-c1ccccc1-c1nc3cc[n+](C)c(-c4ccc5ccccc5c4C)c3n1-2. The zero-order valence-corrected chi connectivity index (χ0v) is 22.8. The lowest BCUT2D eigenvalue weighted by Crippen LogP contribution is -2.31. The Bertz CT molecular complexity index is 2150. The van der Waals surface area contributed by atoms with Crippen LogP contribution >= 0.6 is 0 Å². The molecule has 190 valence electrons. The number of hydrogen-bond acceptors (Lipinski definition) is 1. The minimum absolute atomic E-state index is 0.970. The third kappa shape index (κ3) is 3.12. The maximum atomic E-state index is 5.37. The number of imidazole rings is 1. The lowest BCUT2D eigenvalue weighted by molar-refractivity contribution is -0.659. The molecule has 0 unspecified atom stereocenters. The molecule has 1 aliphatic rings. The zero-order chi connectivity index (χ0) is 27.0. The van der Waals surface area contributed by atoms with Crippen molar-refractivity contribution in [2.24, 2.45) is 7.05 Å². The third-order valence-corrected chi connectivity index (χ3v) is 8.54. The average molecular weight is 515 g/mol. The Labute approximate surface area is 233 Å². The van der Waals surface area contributed by atoms with Crippen LogP contribution in [0.1, 0.15) is 11.1 Å². The van der Waals surface area contributed by atoms with Gasteiger partial charge in [0.1, 0.15) is 23.9 Å². The Morgan fingerprint density at radius 2 is 1.32 bits per heavy atom. The molecule has 40 heavy (non-hydrogen) atoms. The van der Waals surface area contributed by atoms with Crippen molar-refractivity contribution in [3.8, 4) is 50.6 Å². The molecule has 0 radical (unpaired) electrons. The number of rotatable bonds is 1. The maximum absolute atomic E-state index is 5.37. The van der Waals surface area contributed by atoms with Crippen molar-refractivity contribution in [3.63, 3.8) is 0 Å². The molecule has 1 aliphatic heterocycles. The summed E-state index contributed by atoms with van der Waals surface area (Å²) in [6.45, 7) is 4.46. The molecule has 0 N–H and O–H groups in total. The van der Waals surface area contributed by atoms with Gasteiger partial charge in [-0.3, -0.25) is 4.57 Å². The van der Waals surface area contributed by atoms with Gasteiger partial charge in [0, 0.05) is 17.2 Å². The highest BCUT2D eigenvalue weighted by molar-refractivity contribution is 6.02. The molecule has 3 heteroatoms. The second kappa shape index (κ2) is 8.49. The molecule has 0 spiro atoms. The van der Waals surface area contributed by atoms with E-state index in [0.717, 1.165) is 28.1 Å². The number of benzene rings is 5. The molecule has 5 aromatic carbocycles. The van der Waals surface area contributed by atoms with Gasteiger partial charge in [0.05, 0.1) is 11.3 Å². The van der Waals surface area contributed by atoms with Crippen molar-refractivity contribution in [1.29, 1.82) is 0 Å². The van der Waals surface area contributed by atoms with Gasteiger partial charge >= 0.3 is 0 Å². The molecular formula is C37H28N3+. The van der Waals surface area contributed by atoms with E-state index in [2.05, 4.69) is 145 Å². The van der Waals surface area contributed by atoms with E-state index in [0.29, 0.717) is 0 Å². The van der Waals surface area contributed by atoms with Gasteiger partial charge in [-0.05, 0) is 64.6 Å². The summed E-state index contributed by atoms with van der Waals surface area (Å²) in [5.41, 5.74) is 14.3. The molecule has 0 atom stereocenters. The number of aromatic nitrogens is 3. The van der Waals surface area contributed by atoms with Crippen molar-refractivity contribution >= 4 is 21.8 Å². The van der Waals surface area contributed by atoms with E-state index < -0.39 is 0 Å². The molecule has 3 nitrogen and oxygen atoms in total. The van der Waals surface area contributed by atoms with Crippen molar-refractivity contribution in [3.05, 3.63) is 127 Å². The highest BCUT2D eigenvalue weighted by Crippen LogP contribution is 2.46. The highest BCUT2D eigenvalue weighted by Gasteiger charge is 2.30. The van der Waals surface area contributed by atoms with Crippen molar-refractivity contribution < 1.29 is 4.57 Å². The molecule has 7 aromatic rings. The third-order valence-electron chi connectivity index (χ3n) is 8.54. The van der Waals surface area contributed by atoms with Crippen LogP contribution in [0.25, 0.3) is 72.4 Å². The molecule has 2 aromatic heterocycles. The standard InChI is InChI=1S/C37H28N3/c1-23-11-10-18-33-34(23)30-16-8-6-14-28(30)29-15-7-9-17-31(29)37-38-32-21-22-39(3)35(36(32)40(33)37)27-20-19-25-12-4-5-13-26(25)24(27)2/h4-22H,1-3H3/q+1. The van der Waals surface area contributed by atoms with E-state index >= 15 is 0 Å². The Morgan fingerprint density at radius 1 is 0.625 bits per heavy atom. The fourth-order valence-electron chi connectivity index (χ4n) is 6.66. The van der Waals surface area contributed by atoms with Crippen LogP contribution in [0.2, 0.25) is 0 Å². The van der Waals surface area contributed by atoms with Gasteiger partial charge < -0.3 is 0 Å². The van der Waals surface area contributed by atoms with E-state index in [-0.39, 0.29) is 0 Å². The van der Waals surface area contributed by atoms with Gasteiger partial charge in [-0.2, -0.15) is 4.57 Å². The van der Waals surface area contributed by atoms with Crippen molar-refractivity contribution in [2.75, 3.05) is 0 Å². The van der Waals surface area contributed by atoms with Crippen LogP contribution in [-0.2, 0) is 7.05 Å². The van der Waals surface area contributed by atoms with Gasteiger partial charge in [-0.1, -0.05) is 91.0 Å². The van der Waals surface area contributed by atoms with Gasteiger partial charge in [-0.25, -0.2) is 4.98 Å². The first-order chi connectivity index (χ1) is 19.6. The van der Waals surface area contributed by atoms with Crippen LogP contribution in [0.15, 0.2) is 115 Å². The second-order valence-corrected chi connectivity index (χ2v) is 10.8. The van der Waals surface area contributed by atoms with Gasteiger partial charge in [0.25, 0.3) is 0 Å². The molecule has 0 fully saturated rings. The van der Waals surface area contributed by atoms with Crippen LogP contribution < -0.4 is 4.57 Å². The number of pyridine rings is 1. The van der Waals surface area contributed by atoms with E-state index in [4.69, 9.17) is 4.98 Å². The fourth-order valence-corrected chi connectivity index (χ4v) is 6.66. The first-order valence-corrected chi connectivity index (χ1v) is 13.8. The summed E-state index contributed by atoms with van der Waals surface area (Å²) in [6.07, 6.45) is 2.14. The molecular weight excluding hydrogens is 486 g/mol. The normalized spacial score (nSPS) is 11.9. The van der Waals surface area contributed by atoms with Gasteiger partial charge in [0.15, 0.2) is 6.20 Å². The monoisotopic (exact) mass is 514 g/mol. The number of hydrogen-bond donors (Lipinski definition) is 0. The minimum Gasteiger partial charge on any atom is -0.286 e. The zero-order valence-electron chi connectivity index (χ0n) is 22.8. The molecule has 0 bridgehead atoms. The van der Waals surface area contributed by atoms with Crippen LogP contribution in [0.4, 0.5) is 0 Å². The van der Waals surface area contributed by atoms with Gasteiger partial charge in [-0.15, -0.1) is 0 Å². The summed E-state index contributed by atoms with van der Waals surface area (Å²) < 4.78 is 4.67. The summed E-state index contributed by atoms with van der Waals surface area (Å²) in [7, 11) is 2.15. The molecule has 3 heterocycles. The summed E-state index contributed by atoms with van der Waals surface area (Å²) in [4.78, 5) is 5.37. The van der Waals surface area contributed by atoms with Crippen LogP contribution in [0, 0.1) is 13.8 Å². The van der Waals surface area contributed by atoms with E-state index in [1.807, 2.05) is 0 Å². The quantitative estimate of drug-likeness (QED) is 0.201. The predicted molar refractivity (Wildman–Crippen MR) is 165 cm³/mol. The highest BCUT2D eigenvalue weighted by atomic mass is 15.1. The molecule has 0 amide bonds. The number of nitrogens with zero attached hydrogens (tertiary/aromatic N) is 3. The summed E-state index contributed by atoms with van der Waals surface area (Å²) in [5, 5.41) is 2.54. The van der Waals surface area contributed by atoms with Crippen molar-refractivity contribution in [1.82, 2.24) is 9.55 Å². The predicted octanol–water partition coefficient (Wildman–Crippen LogP) is 8.60. The molecule has 0 saturated carbocycles. The van der Waals surface area contributed by atoms with E-state index in [1.165, 1.54) is 55.4 Å². The summed E-state index contributed by atoms with van der Waals surface area (Å²) >= 11 is 0. The molecule has 0 aliphatic carbocycles. The fraction of sp³-hybridized carbons (Fsp3) is 0.0811. The smallest absolute Gasteiger partial charge is 0.239 e. The van der Waals surface area contributed by atoms with E-state index in [9.17, 15) is 0 Å². The number of fused-ring (bicyclic) bond motifs is 11. The molecule has 0 saturated heterocycles. The lowest BCUT2D eigenvalue weighted by Gasteiger charge is -2.23. The van der Waals surface area contributed by atoms with E-state index in [1.54, 1.807) is 0 Å². The Morgan fingerprint density at radius 3 is 2.15 bits per heavy atom. The largest absolute Gasteiger partial charge is 0.286 e. The molecule has 8 rings (SSSR count). The summed E-state index contributed by atoms with van der Waals surface area (Å²) in [5.74, 6) is 0.970. The Balaban J connectivity index is 1.58. The Hall–Kier alpha value is -5.02. The van der Waals surface area contributed by atoms with Gasteiger partial charge in [0.2, 0.25) is 5.69 Å². The summed E-state index contributed by atoms with van der Waals surface area (Å²) in [6, 6.07) is 39.4. The van der Waals surface area contributed by atoms with Crippen LogP contribution in [0.3, 0.4) is 0 Å². The average Bonchev–Trinajstić information content (AvgIpc) is 3.36. The number of aryl methyl sites for hydroxylation is 3. The Kier molecular flexibility index (Phi) is 4.86. The minimum atomic E-state index is 0.970.